The van der Waals surface area contributed by atoms with E-state index in [1.165, 1.54) is 11.5 Å². The van der Waals surface area contributed by atoms with E-state index in [4.69, 9.17) is 11.6 Å². The smallest absolute Gasteiger partial charge is 0.142 e. The van der Waals surface area contributed by atoms with Crippen LogP contribution in [0.5, 0.6) is 0 Å². The summed E-state index contributed by atoms with van der Waals surface area (Å²) in [6.45, 7) is 4.22. The first-order valence-corrected chi connectivity index (χ1v) is 5.92. The summed E-state index contributed by atoms with van der Waals surface area (Å²) in [7, 11) is 0. The van der Waals surface area contributed by atoms with E-state index in [1.54, 1.807) is 0 Å². The van der Waals surface area contributed by atoms with Crippen LogP contribution in [0.2, 0.25) is 0 Å². The highest BCUT2D eigenvalue weighted by molar-refractivity contribution is 7.05. The van der Waals surface area contributed by atoms with Crippen LogP contribution < -0.4 is 0 Å². The van der Waals surface area contributed by atoms with Crippen LogP contribution in [0.1, 0.15) is 37.5 Å². The number of hydrogen-bond acceptors (Lipinski definition) is 3. The molecule has 2 nitrogen and oxygen atoms in total. The quantitative estimate of drug-likeness (QED) is 0.710. The molecule has 0 aliphatic heterocycles. The van der Waals surface area contributed by atoms with E-state index in [1.807, 2.05) is 0 Å². The van der Waals surface area contributed by atoms with Gasteiger partial charge in [0, 0.05) is 18.2 Å². The molecule has 1 heterocycles. The van der Waals surface area contributed by atoms with Gasteiger partial charge in [-0.3, -0.25) is 0 Å². The summed E-state index contributed by atoms with van der Waals surface area (Å²) in [5, 5.41) is 1.28. The fraction of sp³-hybridized carbons (Fsp3) is 0.778. The Morgan fingerprint density at radius 1 is 1.46 bits per heavy atom. The van der Waals surface area contributed by atoms with Crippen molar-refractivity contribution in [2.45, 2.75) is 44.9 Å². The minimum absolute atomic E-state index is 0.211. The molecule has 0 bridgehead atoms. The van der Waals surface area contributed by atoms with Crippen molar-refractivity contribution < 1.29 is 0 Å². The fourth-order valence-electron chi connectivity index (χ4n) is 1.03. The van der Waals surface area contributed by atoms with Crippen molar-refractivity contribution in [1.29, 1.82) is 0 Å². The molecule has 13 heavy (non-hydrogen) atoms. The Hall–Kier alpha value is -0.150. The third kappa shape index (κ3) is 3.61. The number of nitrogens with zero attached hydrogens (tertiary/aromatic N) is 2. The van der Waals surface area contributed by atoms with E-state index in [2.05, 4.69) is 23.2 Å². The largest absolute Gasteiger partial charge is 0.225 e. The lowest BCUT2D eigenvalue weighted by atomic mass is 10.2. The normalized spacial score (nSPS) is 13.2. The second-order valence-corrected chi connectivity index (χ2v) is 4.52. The third-order valence-corrected chi connectivity index (χ3v) is 3.06. The van der Waals surface area contributed by atoms with Crippen LogP contribution in [0, 0.1) is 0 Å². The third-order valence-electron chi connectivity index (χ3n) is 1.82. The highest BCUT2D eigenvalue weighted by Gasteiger charge is 2.08. The summed E-state index contributed by atoms with van der Waals surface area (Å²) in [5.41, 5.74) is 0. The van der Waals surface area contributed by atoms with E-state index in [-0.39, 0.29) is 5.38 Å². The van der Waals surface area contributed by atoms with Gasteiger partial charge in [-0.25, -0.2) is 4.98 Å². The van der Waals surface area contributed by atoms with Crippen LogP contribution in [0.15, 0.2) is 0 Å². The second-order valence-electron chi connectivity index (χ2n) is 3.06. The minimum atomic E-state index is 0.211. The lowest BCUT2D eigenvalue weighted by molar-refractivity contribution is 0.787. The van der Waals surface area contributed by atoms with Crippen molar-refractivity contribution in [2.75, 3.05) is 0 Å². The summed E-state index contributed by atoms with van der Waals surface area (Å²) in [6.07, 6.45) is 3.94. The molecule has 1 unspecified atom stereocenters. The van der Waals surface area contributed by atoms with Crippen molar-refractivity contribution in [2.24, 2.45) is 0 Å². The molecule has 1 atom stereocenters. The first-order valence-electron chi connectivity index (χ1n) is 4.71. The summed E-state index contributed by atoms with van der Waals surface area (Å²) in [6, 6.07) is 0. The number of aromatic nitrogens is 2. The molecule has 4 heteroatoms. The maximum absolute atomic E-state index is 6.02. The van der Waals surface area contributed by atoms with Gasteiger partial charge in [0.25, 0.3) is 0 Å². The van der Waals surface area contributed by atoms with Crippen molar-refractivity contribution in [1.82, 2.24) is 9.36 Å². The second kappa shape index (κ2) is 5.55. The zero-order valence-electron chi connectivity index (χ0n) is 8.09. The number of rotatable bonds is 5. The van der Waals surface area contributed by atoms with Gasteiger partial charge in [-0.05, 0) is 24.4 Å². The van der Waals surface area contributed by atoms with Crippen molar-refractivity contribution in [3.63, 3.8) is 0 Å². The monoisotopic (exact) mass is 218 g/mol. The van der Waals surface area contributed by atoms with Crippen LogP contribution in [-0.2, 0) is 12.8 Å². The molecule has 0 N–H and O–H groups in total. The predicted octanol–water partition coefficient (Wildman–Crippen LogP) is 3.05. The molecule has 1 aromatic rings. The first-order chi connectivity index (χ1) is 6.26. The Labute approximate surface area is 88.5 Å². The van der Waals surface area contributed by atoms with Crippen molar-refractivity contribution in [3.8, 4) is 0 Å². The van der Waals surface area contributed by atoms with Crippen LogP contribution in [0.4, 0.5) is 0 Å². The zero-order valence-corrected chi connectivity index (χ0v) is 9.66. The highest BCUT2D eigenvalue weighted by atomic mass is 35.5. The molecule has 1 rings (SSSR count). The first kappa shape index (κ1) is 10.9. The average molecular weight is 219 g/mol. The molecule has 0 aliphatic carbocycles. The van der Waals surface area contributed by atoms with E-state index >= 15 is 0 Å². The summed E-state index contributed by atoms with van der Waals surface area (Å²) >= 11 is 7.51. The van der Waals surface area contributed by atoms with E-state index in [0.717, 1.165) is 36.5 Å². The summed E-state index contributed by atoms with van der Waals surface area (Å²) in [4.78, 5) is 4.41. The highest BCUT2D eigenvalue weighted by Crippen LogP contribution is 2.13. The van der Waals surface area contributed by atoms with Crippen LogP contribution in [0.3, 0.4) is 0 Å². The van der Waals surface area contributed by atoms with Crippen molar-refractivity contribution >= 4 is 23.1 Å². The molecular weight excluding hydrogens is 204 g/mol. The minimum Gasteiger partial charge on any atom is -0.225 e. The van der Waals surface area contributed by atoms with E-state index < -0.39 is 0 Å². The molecule has 0 radical (unpaired) electrons. The van der Waals surface area contributed by atoms with E-state index in [0.29, 0.717) is 0 Å². The van der Waals surface area contributed by atoms with Gasteiger partial charge in [0.15, 0.2) is 0 Å². The molecule has 0 aromatic carbocycles. The van der Waals surface area contributed by atoms with Gasteiger partial charge >= 0.3 is 0 Å². The maximum Gasteiger partial charge on any atom is 0.142 e. The van der Waals surface area contributed by atoms with Gasteiger partial charge in [-0.15, -0.1) is 11.6 Å². The average Bonchev–Trinajstić information content (AvgIpc) is 2.53. The summed E-state index contributed by atoms with van der Waals surface area (Å²) < 4.78 is 4.27. The number of hydrogen-bond donors (Lipinski definition) is 0. The maximum atomic E-state index is 6.02. The Bertz CT molecular complexity index is 250. The number of alkyl halides is 1. The lowest BCUT2D eigenvalue weighted by Crippen LogP contribution is -2.00. The molecule has 0 spiro atoms. The molecule has 0 fully saturated rings. The van der Waals surface area contributed by atoms with E-state index in [9.17, 15) is 0 Å². The SMILES string of the molecule is CCCc1nsc(CC(Cl)CC)n1. The molecule has 0 aliphatic rings. The Morgan fingerprint density at radius 2 is 2.23 bits per heavy atom. The fourth-order valence-corrected chi connectivity index (χ4v) is 2.03. The van der Waals surface area contributed by atoms with Gasteiger partial charge in [0.2, 0.25) is 0 Å². The lowest BCUT2D eigenvalue weighted by Gasteiger charge is -2.00. The van der Waals surface area contributed by atoms with Crippen molar-refractivity contribution in [3.05, 3.63) is 10.8 Å². The summed E-state index contributed by atoms with van der Waals surface area (Å²) in [5.74, 6) is 0.975. The topological polar surface area (TPSA) is 25.8 Å². The number of aryl methyl sites for hydroxylation is 1. The molecule has 0 amide bonds. The predicted molar refractivity (Wildman–Crippen MR) is 57.5 cm³/mol. The van der Waals surface area contributed by atoms with Crippen LogP contribution in [-0.4, -0.2) is 14.7 Å². The Kier molecular flexibility index (Phi) is 4.67. The molecular formula is C9H15ClN2S. The molecule has 1 aromatic heterocycles. The van der Waals surface area contributed by atoms with Gasteiger partial charge in [0.1, 0.15) is 10.8 Å². The standard InChI is InChI=1S/C9H15ClN2S/c1-3-5-8-11-9(13-12-8)6-7(10)4-2/h7H,3-6H2,1-2H3. The Balaban J connectivity index is 2.48. The molecule has 0 saturated carbocycles. The van der Waals surface area contributed by atoms with Crippen LogP contribution >= 0.6 is 23.1 Å². The van der Waals surface area contributed by atoms with Gasteiger partial charge < -0.3 is 0 Å². The molecule has 74 valence electrons. The van der Waals surface area contributed by atoms with Gasteiger partial charge in [-0.2, -0.15) is 4.37 Å². The zero-order chi connectivity index (χ0) is 9.68. The molecule has 0 saturated heterocycles. The van der Waals surface area contributed by atoms with Gasteiger partial charge in [0.05, 0.1) is 0 Å². The van der Waals surface area contributed by atoms with Crippen LogP contribution in [0.25, 0.3) is 0 Å². The van der Waals surface area contributed by atoms with Gasteiger partial charge in [-0.1, -0.05) is 13.8 Å². The number of halogens is 1. The Morgan fingerprint density at radius 3 is 2.85 bits per heavy atom.